The Bertz CT molecular complexity index is 881. The third kappa shape index (κ3) is 3.96. The van der Waals surface area contributed by atoms with E-state index in [1.54, 1.807) is 25.6 Å². The van der Waals surface area contributed by atoms with E-state index in [-0.39, 0.29) is 0 Å². The molecule has 3 heterocycles. The maximum atomic E-state index is 5.49. The minimum absolute atomic E-state index is 0.353. The zero-order chi connectivity index (χ0) is 18.6. The minimum atomic E-state index is 0.353. The summed E-state index contributed by atoms with van der Waals surface area (Å²) in [4.78, 5) is 11.4. The molecule has 1 aliphatic heterocycles. The predicted octanol–water partition coefficient (Wildman–Crippen LogP) is 3.47. The maximum absolute atomic E-state index is 5.49. The second kappa shape index (κ2) is 8.06. The molecule has 27 heavy (non-hydrogen) atoms. The second-order valence-electron chi connectivity index (χ2n) is 6.47. The van der Waals surface area contributed by atoms with E-state index in [1.165, 1.54) is 0 Å². The van der Waals surface area contributed by atoms with Gasteiger partial charge >= 0.3 is 0 Å². The van der Waals surface area contributed by atoms with Crippen molar-refractivity contribution in [3.63, 3.8) is 0 Å². The fourth-order valence-electron chi connectivity index (χ4n) is 3.47. The molecule has 0 saturated carbocycles. The Morgan fingerprint density at radius 2 is 2.15 bits per heavy atom. The molecule has 0 amide bonds. The number of ether oxygens (including phenoxy) is 2. The zero-order valence-electron chi connectivity index (χ0n) is 15.4. The molecule has 8 heteroatoms. The van der Waals surface area contributed by atoms with E-state index in [0.717, 1.165) is 30.0 Å². The Hall–Kier alpha value is -2.45. The number of benzene rings is 1. The van der Waals surface area contributed by atoms with E-state index in [0.29, 0.717) is 42.2 Å². The standard InChI is InChI=1S/C19H22N4O3S/c1-24-15-6-5-13(10-16(15)25-2)11-17-21-18(26-22-17)12-23-8-3-4-14(23)19-20-7-9-27-19/h5-7,9-10,14H,3-4,8,11-12H2,1-2H3/t14-/m0/s1. The molecule has 1 aromatic carbocycles. The van der Waals surface area contributed by atoms with Crippen LogP contribution in [0.4, 0.5) is 0 Å². The van der Waals surface area contributed by atoms with Gasteiger partial charge in [0.25, 0.3) is 0 Å². The van der Waals surface area contributed by atoms with Gasteiger partial charge < -0.3 is 14.0 Å². The van der Waals surface area contributed by atoms with Gasteiger partial charge in [0.1, 0.15) is 5.01 Å². The monoisotopic (exact) mass is 386 g/mol. The predicted molar refractivity (Wildman–Crippen MR) is 101 cm³/mol. The van der Waals surface area contributed by atoms with Crippen LogP contribution in [0.1, 0.15) is 41.2 Å². The molecule has 1 aliphatic rings. The first-order chi connectivity index (χ1) is 13.3. The molecule has 0 N–H and O–H groups in total. The normalized spacial score (nSPS) is 17.3. The quantitative estimate of drug-likeness (QED) is 0.615. The van der Waals surface area contributed by atoms with Crippen molar-refractivity contribution in [2.45, 2.75) is 31.8 Å². The summed E-state index contributed by atoms with van der Waals surface area (Å²) < 4.78 is 16.1. The molecule has 3 aromatic rings. The number of likely N-dealkylation sites (tertiary alicyclic amines) is 1. The van der Waals surface area contributed by atoms with Crippen LogP contribution in [0.2, 0.25) is 0 Å². The molecule has 0 spiro atoms. The van der Waals surface area contributed by atoms with Crippen molar-refractivity contribution >= 4 is 11.3 Å². The van der Waals surface area contributed by atoms with E-state index in [1.807, 2.05) is 29.8 Å². The van der Waals surface area contributed by atoms with Gasteiger partial charge in [0.2, 0.25) is 5.89 Å². The van der Waals surface area contributed by atoms with Crippen molar-refractivity contribution in [2.75, 3.05) is 20.8 Å². The van der Waals surface area contributed by atoms with E-state index in [4.69, 9.17) is 14.0 Å². The molecule has 7 nitrogen and oxygen atoms in total. The van der Waals surface area contributed by atoms with Gasteiger partial charge in [0.05, 0.1) is 26.8 Å². The lowest BCUT2D eigenvalue weighted by Crippen LogP contribution is -2.22. The fraction of sp³-hybridized carbons (Fsp3) is 0.421. The van der Waals surface area contributed by atoms with Gasteiger partial charge in [-0.2, -0.15) is 4.98 Å². The molecule has 1 fully saturated rings. The minimum Gasteiger partial charge on any atom is -0.493 e. The van der Waals surface area contributed by atoms with Crippen LogP contribution in [-0.4, -0.2) is 40.8 Å². The van der Waals surface area contributed by atoms with Crippen molar-refractivity contribution in [3.05, 3.63) is 52.1 Å². The van der Waals surface area contributed by atoms with Gasteiger partial charge in [-0.15, -0.1) is 11.3 Å². The molecule has 0 radical (unpaired) electrons. The Labute approximate surface area is 161 Å². The molecule has 0 aliphatic carbocycles. The highest BCUT2D eigenvalue weighted by molar-refractivity contribution is 7.09. The number of aromatic nitrogens is 3. The van der Waals surface area contributed by atoms with E-state index < -0.39 is 0 Å². The lowest BCUT2D eigenvalue weighted by atomic mass is 10.1. The molecule has 0 bridgehead atoms. The van der Waals surface area contributed by atoms with Gasteiger partial charge in [0, 0.05) is 18.0 Å². The van der Waals surface area contributed by atoms with Crippen LogP contribution in [0, 0.1) is 0 Å². The summed E-state index contributed by atoms with van der Waals surface area (Å²) in [5.41, 5.74) is 1.04. The molecule has 2 aromatic heterocycles. The first kappa shape index (κ1) is 17.9. The second-order valence-corrected chi connectivity index (χ2v) is 7.40. The topological polar surface area (TPSA) is 73.5 Å². The van der Waals surface area contributed by atoms with Gasteiger partial charge in [-0.1, -0.05) is 11.2 Å². The number of nitrogens with zero attached hydrogens (tertiary/aromatic N) is 4. The molecule has 4 rings (SSSR count). The van der Waals surface area contributed by atoms with Crippen molar-refractivity contribution in [1.82, 2.24) is 20.0 Å². The smallest absolute Gasteiger partial charge is 0.240 e. The summed E-state index contributed by atoms with van der Waals surface area (Å²) in [5.74, 6) is 2.72. The first-order valence-corrected chi connectivity index (χ1v) is 9.80. The van der Waals surface area contributed by atoms with Gasteiger partial charge in [0.15, 0.2) is 17.3 Å². The average Bonchev–Trinajstić information content (AvgIpc) is 3.44. The molecular formula is C19H22N4O3S. The molecular weight excluding hydrogens is 364 g/mol. The van der Waals surface area contributed by atoms with Crippen molar-refractivity contribution in [3.8, 4) is 11.5 Å². The van der Waals surface area contributed by atoms with Crippen molar-refractivity contribution in [1.29, 1.82) is 0 Å². The average molecular weight is 386 g/mol. The van der Waals surface area contributed by atoms with E-state index in [2.05, 4.69) is 20.0 Å². The highest BCUT2D eigenvalue weighted by atomic mass is 32.1. The Morgan fingerprint density at radius 3 is 2.93 bits per heavy atom. The van der Waals surface area contributed by atoms with Crippen LogP contribution in [-0.2, 0) is 13.0 Å². The summed E-state index contributed by atoms with van der Waals surface area (Å²) in [6.45, 7) is 1.68. The van der Waals surface area contributed by atoms with Crippen LogP contribution in [0.25, 0.3) is 0 Å². The molecule has 1 atom stereocenters. The lowest BCUT2D eigenvalue weighted by Gasteiger charge is -2.20. The molecule has 142 valence electrons. The number of hydrogen-bond acceptors (Lipinski definition) is 8. The Kier molecular flexibility index (Phi) is 5.35. The number of hydrogen-bond donors (Lipinski definition) is 0. The highest BCUT2D eigenvalue weighted by Gasteiger charge is 2.29. The third-order valence-corrected chi connectivity index (χ3v) is 5.64. The third-order valence-electron chi connectivity index (χ3n) is 4.76. The number of rotatable bonds is 7. The fourth-order valence-corrected chi connectivity index (χ4v) is 4.27. The highest BCUT2D eigenvalue weighted by Crippen LogP contribution is 2.34. The Balaban J connectivity index is 1.43. The summed E-state index contributed by atoms with van der Waals surface area (Å²) in [6, 6.07) is 6.16. The lowest BCUT2D eigenvalue weighted by molar-refractivity contribution is 0.212. The SMILES string of the molecule is COc1ccc(Cc2noc(CN3CCC[C@H]3c3nccs3)n2)cc1OC. The first-order valence-electron chi connectivity index (χ1n) is 8.92. The van der Waals surface area contributed by atoms with Crippen LogP contribution in [0.3, 0.4) is 0 Å². The molecule has 0 unspecified atom stereocenters. The van der Waals surface area contributed by atoms with Gasteiger partial charge in [-0.25, -0.2) is 4.98 Å². The van der Waals surface area contributed by atoms with Crippen LogP contribution < -0.4 is 9.47 Å². The summed E-state index contributed by atoms with van der Waals surface area (Å²) in [6.07, 6.45) is 4.74. The van der Waals surface area contributed by atoms with E-state index in [9.17, 15) is 0 Å². The number of thiazole rings is 1. The zero-order valence-corrected chi connectivity index (χ0v) is 16.2. The van der Waals surface area contributed by atoms with E-state index >= 15 is 0 Å². The number of methoxy groups -OCH3 is 2. The maximum Gasteiger partial charge on any atom is 0.240 e. The summed E-state index contributed by atoms with van der Waals surface area (Å²) in [7, 11) is 3.25. The largest absolute Gasteiger partial charge is 0.493 e. The van der Waals surface area contributed by atoms with Crippen LogP contribution >= 0.6 is 11.3 Å². The summed E-state index contributed by atoms with van der Waals surface area (Å²) >= 11 is 1.71. The van der Waals surface area contributed by atoms with Crippen LogP contribution in [0.5, 0.6) is 11.5 Å². The van der Waals surface area contributed by atoms with Crippen molar-refractivity contribution < 1.29 is 14.0 Å². The van der Waals surface area contributed by atoms with Gasteiger partial charge in [-0.3, -0.25) is 4.90 Å². The van der Waals surface area contributed by atoms with Crippen molar-refractivity contribution in [2.24, 2.45) is 0 Å². The Morgan fingerprint density at radius 1 is 1.26 bits per heavy atom. The van der Waals surface area contributed by atoms with Gasteiger partial charge in [-0.05, 0) is 37.1 Å². The van der Waals surface area contributed by atoms with Crippen LogP contribution in [0.15, 0.2) is 34.3 Å². The summed E-state index contributed by atoms with van der Waals surface area (Å²) in [5, 5.41) is 7.33. The molecule has 1 saturated heterocycles.